The Bertz CT molecular complexity index is 924. The molecule has 144 valence electrons. The number of amides is 2. The highest BCUT2D eigenvalue weighted by molar-refractivity contribution is 8.01. The number of nitrogens with one attached hydrogen (secondary N) is 2. The molecule has 2 N–H and O–H groups in total. The summed E-state index contributed by atoms with van der Waals surface area (Å²) in [5, 5.41) is 7.65. The summed E-state index contributed by atoms with van der Waals surface area (Å²) in [6.45, 7) is 2.29. The van der Waals surface area contributed by atoms with Crippen LogP contribution in [0.5, 0.6) is 0 Å². The van der Waals surface area contributed by atoms with Gasteiger partial charge in [0.1, 0.15) is 0 Å². The fraction of sp³-hybridized carbons (Fsp3) is 0.190. The number of benzene rings is 2. The molecular weight excluding hydrogens is 390 g/mol. The highest BCUT2D eigenvalue weighted by Gasteiger charge is 2.07. The number of rotatable bonds is 8. The number of hydrogen-bond donors (Lipinski definition) is 2. The first kappa shape index (κ1) is 20.1. The number of carbonyl (C=O) groups excluding carboxylic acids is 2. The summed E-state index contributed by atoms with van der Waals surface area (Å²) >= 11 is 3.22. The van der Waals surface area contributed by atoms with Crippen LogP contribution in [0.25, 0.3) is 0 Å². The number of thiazole rings is 1. The minimum Gasteiger partial charge on any atom is -0.355 e. The quantitative estimate of drug-likeness (QED) is 0.580. The van der Waals surface area contributed by atoms with E-state index in [-0.39, 0.29) is 18.2 Å². The summed E-state index contributed by atoms with van der Waals surface area (Å²) in [5.74, 6) is -0.214. The van der Waals surface area contributed by atoms with Gasteiger partial charge in [-0.05, 0) is 36.8 Å². The van der Waals surface area contributed by atoms with Crippen molar-refractivity contribution in [1.29, 1.82) is 0 Å². The first-order chi connectivity index (χ1) is 13.6. The largest absolute Gasteiger partial charge is 0.355 e. The van der Waals surface area contributed by atoms with Crippen LogP contribution in [0.4, 0.5) is 5.69 Å². The molecule has 0 spiro atoms. The molecule has 0 bridgehead atoms. The topological polar surface area (TPSA) is 71.1 Å². The van der Waals surface area contributed by atoms with Crippen molar-refractivity contribution < 1.29 is 9.59 Å². The van der Waals surface area contributed by atoms with Crippen molar-refractivity contribution in [2.45, 2.75) is 29.0 Å². The van der Waals surface area contributed by atoms with Gasteiger partial charge in [0.25, 0.3) is 0 Å². The van der Waals surface area contributed by atoms with Crippen LogP contribution in [0.3, 0.4) is 0 Å². The Morgan fingerprint density at radius 3 is 2.46 bits per heavy atom. The molecular formula is C21H21N3O2S2. The molecule has 0 saturated carbocycles. The molecule has 1 aromatic heterocycles. The predicted octanol–water partition coefficient (Wildman–Crippen LogP) is 4.29. The first-order valence-electron chi connectivity index (χ1n) is 8.89. The predicted molar refractivity (Wildman–Crippen MR) is 114 cm³/mol. The van der Waals surface area contributed by atoms with Gasteiger partial charge in [-0.2, -0.15) is 0 Å². The SMILES string of the molecule is Cc1csc(Sc2ccc(NC(=O)CCNC(=O)Cc3ccccc3)cc2)n1. The summed E-state index contributed by atoms with van der Waals surface area (Å²) in [6, 6.07) is 17.2. The van der Waals surface area contributed by atoms with Crippen LogP contribution in [0.1, 0.15) is 17.7 Å². The Kier molecular flexibility index (Phi) is 7.22. The zero-order valence-corrected chi connectivity index (χ0v) is 17.1. The van der Waals surface area contributed by atoms with Gasteiger partial charge in [0, 0.05) is 34.6 Å². The van der Waals surface area contributed by atoms with Crippen LogP contribution in [0, 0.1) is 6.92 Å². The number of aromatic nitrogens is 1. The summed E-state index contributed by atoms with van der Waals surface area (Å²) in [4.78, 5) is 29.4. The van der Waals surface area contributed by atoms with E-state index in [9.17, 15) is 9.59 Å². The zero-order valence-electron chi connectivity index (χ0n) is 15.5. The number of carbonyl (C=O) groups is 2. The molecule has 0 saturated heterocycles. The summed E-state index contributed by atoms with van der Waals surface area (Å²) in [6.07, 6.45) is 0.551. The highest BCUT2D eigenvalue weighted by Crippen LogP contribution is 2.30. The van der Waals surface area contributed by atoms with Crippen LogP contribution in [-0.2, 0) is 16.0 Å². The Morgan fingerprint density at radius 1 is 1.04 bits per heavy atom. The molecule has 0 atom stereocenters. The number of hydrogen-bond acceptors (Lipinski definition) is 5. The van der Waals surface area contributed by atoms with Crippen molar-refractivity contribution in [1.82, 2.24) is 10.3 Å². The molecule has 28 heavy (non-hydrogen) atoms. The molecule has 5 nitrogen and oxygen atoms in total. The lowest BCUT2D eigenvalue weighted by molar-refractivity contribution is -0.120. The second-order valence-corrected chi connectivity index (χ2v) is 8.37. The lowest BCUT2D eigenvalue weighted by atomic mass is 10.1. The molecule has 0 radical (unpaired) electrons. The van der Waals surface area contributed by atoms with Gasteiger partial charge in [-0.15, -0.1) is 11.3 Å². The van der Waals surface area contributed by atoms with E-state index in [4.69, 9.17) is 0 Å². The van der Waals surface area contributed by atoms with E-state index in [1.807, 2.05) is 66.9 Å². The van der Waals surface area contributed by atoms with E-state index in [1.54, 1.807) is 23.1 Å². The van der Waals surface area contributed by atoms with E-state index in [1.165, 1.54) is 0 Å². The average Bonchev–Trinajstić information content (AvgIpc) is 3.09. The van der Waals surface area contributed by atoms with Crippen molar-refractivity contribution in [3.8, 4) is 0 Å². The number of nitrogens with zero attached hydrogens (tertiary/aromatic N) is 1. The van der Waals surface area contributed by atoms with Gasteiger partial charge in [-0.25, -0.2) is 4.98 Å². The third-order valence-corrected chi connectivity index (χ3v) is 5.89. The Labute approximate surface area is 172 Å². The van der Waals surface area contributed by atoms with Crippen LogP contribution in [-0.4, -0.2) is 23.3 Å². The van der Waals surface area contributed by atoms with Crippen LogP contribution < -0.4 is 10.6 Å². The number of aryl methyl sites for hydroxylation is 1. The maximum atomic E-state index is 12.1. The van der Waals surface area contributed by atoms with Gasteiger partial charge in [-0.1, -0.05) is 42.1 Å². The second kappa shape index (κ2) is 10.1. The molecule has 0 aliphatic rings. The zero-order chi connectivity index (χ0) is 19.8. The van der Waals surface area contributed by atoms with Crippen molar-refractivity contribution in [3.63, 3.8) is 0 Å². The minimum atomic E-state index is -0.129. The number of anilines is 1. The fourth-order valence-corrected chi connectivity index (χ4v) is 4.28. The fourth-order valence-electron chi connectivity index (χ4n) is 2.47. The van der Waals surface area contributed by atoms with Crippen LogP contribution in [0.15, 0.2) is 69.2 Å². The van der Waals surface area contributed by atoms with Crippen LogP contribution >= 0.6 is 23.1 Å². The molecule has 0 fully saturated rings. The first-order valence-corrected chi connectivity index (χ1v) is 10.6. The second-order valence-electron chi connectivity index (χ2n) is 6.19. The molecule has 3 rings (SSSR count). The Hall–Kier alpha value is -2.64. The van der Waals surface area contributed by atoms with Gasteiger partial charge in [0.15, 0.2) is 4.34 Å². The molecule has 2 aromatic carbocycles. The summed E-state index contributed by atoms with van der Waals surface area (Å²) in [5.41, 5.74) is 2.71. The van der Waals surface area contributed by atoms with E-state index in [0.717, 1.165) is 26.2 Å². The summed E-state index contributed by atoms with van der Waals surface area (Å²) < 4.78 is 1.00. The molecule has 7 heteroatoms. The smallest absolute Gasteiger partial charge is 0.226 e. The monoisotopic (exact) mass is 411 g/mol. The molecule has 0 aliphatic carbocycles. The third-order valence-electron chi connectivity index (χ3n) is 3.82. The van der Waals surface area contributed by atoms with Gasteiger partial charge in [-0.3, -0.25) is 9.59 Å². The van der Waals surface area contributed by atoms with Gasteiger partial charge < -0.3 is 10.6 Å². The van der Waals surface area contributed by atoms with Gasteiger partial charge >= 0.3 is 0 Å². The Balaban J connectivity index is 1.39. The van der Waals surface area contributed by atoms with Gasteiger partial charge in [0.2, 0.25) is 11.8 Å². The average molecular weight is 412 g/mol. The molecule has 0 aliphatic heterocycles. The lowest BCUT2D eigenvalue weighted by Crippen LogP contribution is -2.28. The summed E-state index contributed by atoms with van der Waals surface area (Å²) in [7, 11) is 0. The van der Waals surface area contributed by atoms with E-state index in [0.29, 0.717) is 13.0 Å². The van der Waals surface area contributed by atoms with E-state index < -0.39 is 0 Å². The van der Waals surface area contributed by atoms with Crippen molar-refractivity contribution in [2.24, 2.45) is 0 Å². The molecule has 1 heterocycles. The van der Waals surface area contributed by atoms with Gasteiger partial charge in [0.05, 0.1) is 6.42 Å². The minimum absolute atomic E-state index is 0.0854. The third kappa shape index (κ3) is 6.51. The van der Waals surface area contributed by atoms with Crippen molar-refractivity contribution in [3.05, 3.63) is 71.2 Å². The van der Waals surface area contributed by atoms with Crippen molar-refractivity contribution >= 4 is 40.6 Å². The van der Waals surface area contributed by atoms with E-state index in [2.05, 4.69) is 15.6 Å². The normalized spacial score (nSPS) is 10.5. The highest BCUT2D eigenvalue weighted by atomic mass is 32.2. The van der Waals surface area contributed by atoms with Crippen molar-refractivity contribution in [2.75, 3.05) is 11.9 Å². The van der Waals surface area contributed by atoms with E-state index >= 15 is 0 Å². The molecule has 0 unspecified atom stereocenters. The molecule has 3 aromatic rings. The standard InChI is InChI=1S/C21H21N3O2S2/c1-15-14-27-21(23-15)28-18-9-7-17(8-10-18)24-19(25)11-12-22-20(26)13-16-5-3-2-4-6-16/h2-10,14H,11-13H2,1H3,(H,22,26)(H,24,25). The van der Waals surface area contributed by atoms with Crippen LogP contribution in [0.2, 0.25) is 0 Å². The lowest BCUT2D eigenvalue weighted by Gasteiger charge is -2.07. The molecule has 2 amide bonds. The Morgan fingerprint density at radius 2 is 1.79 bits per heavy atom. The maximum absolute atomic E-state index is 12.1. The maximum Gasteiger partial charge on any atom is 0.226 e.